The third-order valence-electron chi connectivity index (χ3n) is 3.85. The van der Waals surface area contributed by atoms with E-state index in [-0.39, 0.29) is 29.2 Å². The number of hydrogen-bond donors (Lipinski definition) is 0. The summed E-state index contributed by atoms with van der Waals surface area (Å²) in [6, 6.07) is 8.68. The number of benzene rings is 1. The van der Waals surface area contributed by atoms with E-state index in [4.69, 9.17) is 10.00 Å². The van der Waals surface area contributed by atoms with Gasteiger partial charge in [0.05, 0.1) is 30.7 Å². The first-order chi connectivity index (χ1) is 11.4. The van der Waals surface area contributed by atoms with Gasteiger partial charge in [0.25, 0.3) is 5.91 Å². The van der Waals surface area contributed by atoms with Crippen LogP contribution in [-0.4, -0.2) is 49.4 Å². The number of sulfone groups is 1. The zero-order chi connectivity index (χ0) is 17.3. The number of fused-ring (bicyclic) bond motifs is 1. The third-order valence-corrected chi connectivity index (χ3v) is 7.06. The summed E-state index contributed by atoms with van der Waals surface area (Å²) in [5.41, 5.74) is 0.718. The minimum Gasteiger partial charge on any atom is -0.497 e. The predicted octanol–water partition coefficient (Wildman–Crippen LogP) is 1.21. The van der Waals surface area contributed by atoms with E-state index >= 15 is 0 Å². The molecule has 0 radical (unpaired) electrons. The van der Waals surface area contributed by atoms with Gasteiger partial charge in [0.15, 0.2) is 15.0 Å². The lowest BCUT2D eigenvalue weighted by Crippen LogP contribution is -2.37. The Labute approximate surface area is 144 Å². The van der Waals surface area contributed by atoms with Crippen molar-refractivity contribution < 1.29 is 17.9 Å². The fourth-order valence-corrected chi connectivity index (χ4v) is 6.77. The summed E-state index contributed by atoms with van der Waals surface area (Å²) in [4.78, 5) is 17.5. The topological polar surface area (TPSA) is 99.8 Å². The highest BCUT2D eigenvalue weighted by Gasteiger charge is 2.49. The Morgan fingerprint density at radius 3 is 3.00 bits per heavy atom. The number of methoxy groups -OCH3 is 1. The van der Waals surface area contributed by atoms with Gasteiger partial charge in [0.1, 0.15) is 12.2 Å². The maximum Gasteiger partial charge on any atom is 0.262 e. The lowest BCUT2D eigenvalue weighted by atomic mass is 10.2. The molecule has 126 valence electrons. The Balaban J connectivity index is 2.01. The molecule has 2 aliphatic heterocycles. The average Bonchev–Trinajstić information content (AvgIpc) is 2.98. The molecule has 0 spiro atoms. The Kier molecular flexibility index (Phi) is 4.51. The Bertz CT molecular complexity index is 845. The number of thioether (sulfide) groups is 1. The summed E-state index contributed by atoms with van der Waals surface area (Å²) in [6.07, 6.45) is -0.302. The summed E-state index contributed by atoms with van der Waals surface area (Å²) in [7, 11) is -1.56. The summed E-state index contributed by atoms with van der Waals surface area (Å²) in [5, 5.41) is 8.90. The molecule has 0 bridgehead atoms. The van der Waals surface area contributed by atoms with E-state index in [0.717, 1.165) is 5.69 Å². The molecule has 1 aromatic rings. The van der Waals surface area contributed by atoms with Crippen LogP contribution in [0.5, 0.6) is 5.75 Å². The summed E-state index contributed by atoms with van der Waals surface area (Å²) in [5.74, 6) is 0.182. The number of nitriles is 1. The van der Waals surface area contributed by atoms with Crippen molar-refractivity contribution >= 4 is 38.4 Å². The van der Waals surface area contributed by atoms with Gasteiger partial charge in [-0.2, -0.15) is 10.3 Å². The molecule has 24 heavy (non-hydrogen) atoms. The number of aliphatic imine (C=N–C) groups is 1. The van der Waals surface area contributed by atoms with Crippen LogP contribution in [0.4, 0.5) is 5.69 Å². The van der Waals surface area contributed by atoms with Crippen molar-refractivity contribution in [3.63, 3.8) is 0 Å². The van der Waals surface area contributed by atoms with Gasteiger partial charge in [-0.3, -0.25) is 4.79 Å². The molecule has 2 heterocycles. The van der Waals surface area contributed by atoms with Crippen LogP contribution in [0.25, 0.3) is 0 Å². The molecular formula is C15H15N3O4S2. The zero-order valence-corrected chi connectivity index (χ0v) is 14.5. The van der Waals surface area contributed by atoms with E-state index in [9.17, 15) is 13.2 Å². The number of carbonyl (C=O) groups is 1. The van der Waals surface area contributed by atoms with Gasteiger partial charge in [-0.25, -0.2) is 8.42 Å². The fourth-order valence-electron chi connectivity index (χ4n) is 2.84. The normalized spacial score (nSPS) is 26.2. The summed E-state index contributed by atoms with van der Waals surface area (Å²) < 4.78 is 29.1. The van der Waals surface area contributed by atoms with Crippen molar-refractivity contribution in [3.8, 4) is 11.8 Å². The molecule has 2 aliphatic rings. The van der Waals surface area contributed by atoms with E-state index in [0.29, 0.717) is 10.9 Å². The third kappa shape index (κ3) is 3.25. The lowest BCUT2D eigenvalue weighted by molar-refractivity contribution is -0.116. The van der Waals surface area contributed by atoms with Gasteiger partial charge in [0.2, 0.25) is 0 Å². The standard InChI is InChI=1S/C15H15N3O4S2/c1-22-11-4-2-3-10(7-11)18-12-8-24(20,21)9-13(12)23-15(18)17-14(19)5-6-16/h2-4,7,12-13H,5,8-9H2,1H3/t12-,13+/m1/s1. The van der Waals surface area contributed by atoms with E-state index in [1.807, 2.05) is 6.07 Å². The molecule has 0 aliphatic carbocycles. The van der Waals surface area contributed by atoms with E-state index < -0.39 is 15.7 Å². The van der Waals surface area contributed by atoms with Crippen molar-refractivity contribution in [2.45, 2.75) is 17.7 Å². The second kappa shape index (κ2) is 6.45. The molecule has 2 fully saturated rings. The molecule has 2 saturated heterocycles. The van der Waals surface area contributed by atoms with Crippen molar-refractivity contribution in [3.05, 3.63) is 24.3 Å². The average molecular weight is 365 g/mol. The second-order valence-electron chi connectivity index (χ2n) is 5.50. The molecular weight excluding hydrogens is 350 g/mol. The first-order valence-electron chi connectivity index (χ1n) is 7.22. The van der Waals surface area contributed by atoms with Gasteiger partial charge >= 0.3 is 0 Å². The van der Waals surface area contributed by atoms with Crippen LogP contribution in [0.1, 0.15) is 6.42 Å². The summed E-state index contributed by atoms with van der Waals surface area (Å²) >= 11 is 1.28. The van der Waals surface area contributed by atoms with Crippen LogP contribution in [-0.2, 0) is 14.6 Å². The van der Waals surface area contributed by atoms with Gasteiger partial charge in [-0.15, -0.1) is 0 Å². The number of rotatable bonds is 3. The molecule has 0 unspecified atom stereocenters. The molecule has 0 N–H and O–H groups in total. The van der Waals surface area contributed by atoms with Gasteiger partial charge in [0, 0.05) is 17.0 Å². The zero-order valence-electron chi connectivity index (χ0n) is 12.9. The van der Waals surface area contributed by atoms with Gasteiger partial charge < -0.3 is 9.64 Å². The number of hydrogen-bond acceptors (Lipinski definition) is 6. The molecule has 1 aromatic carbocycles. The van der Waals surface area contributed by atoms with Crippen molar-refractivity contribution in [1.29, 1.82) is 5.26 Å². The minimum atomic E-state index is -3.11. The highest BCUT2D eigenvalue weighted by atomic mass is 32.2. The largest absolute Gasteiger partial charge is 0.497 e. The predicted molar refractivity (Wildman–Crippen MR) is 92.0 cm³/mol. The fraction of sp³-hybridized carbons (Fsp3) is 0.400. The molecule has 2 atom stereocenters. The quantitative estimate of drug-likeness (QED) is 0.793. The number of nitrogens with zero attached hydrogens (tertiary/aromatic N) is 3. The molecule has 9 heteroatoms. The molecule has 0 aromatic heterocycles. The molecule has 1 amide bonds. The minimum absolute atomic E-state index is 0.0212. The first kappa shape index (κ1) is 16.8. The van der Waals surface area contributed by atoms with E-state index in [2.05, 4.69) is 4.99 Å². The molecule has 0 saturated carbocycles. The van der Waals surface area contributed by atoms with Gasteiger partial charge in [-0.05, 0) is 12.1 Å². The van der Waals surface area contributed by atoms with Crippen LogP contribution in [0.15, 0.2) is 29.3 Å². The summed E-state index contributed by atoms with van der Waals surface area (Å²) in [6.45, 7) is 0. The van der Waals surface area contributed by atoms with Gasteiger partial charge in [-0.1, -0.05) is 17.8 Å². The smallest absolute Gasteiger partial charge is 0.262 e. The Morgan fingerprint density at radius 1 is 1.50 bits per heavy atom. The molecule has 3 rings (SSSR count). The van der Waals surface area contributed by atoms with Crippen molar-refractivity contribution in [2.75, 3.05) is 23.5 Å². The maximum atomic E-state index is 12.0. The number of carbonyl (C=O) groups excluding carboxylic acids is 1. The maximum absolute atomic E-state index is 12.0. The SMILES string of the molecule is COc1cccc(N2C(=NC(=O)CC#N)S[C@H]3CS(=O)(=O)C[C@H]32)c1. The Morgan fingerprint density at radius 2 is 2.29 bits per heavy atom. The van der Waals surface area contributed by atoms with Crippen molar-refractivity contribution in [1.82, 2.24) is 0 Å². The molecule has 7 nitrogen and oxygen atoms in total. The van der Waals surface area contributed by atoms with Crippen LogP contribution >= 0.6 is 11.8 Å². The number of ether oxygens (including phenoxy) is 1. The van der Waals surface area contributed by atoms with Crippen molar-refractivity contribution in [2.24, 2.45) is 4.99 Å². The Hall–Kier alpha value is -2.05. The monoisotopic (exact) mass is 365 g/mol. The number of amides is 1. The highest BCUT2D eigenvalue weighted by molar-refractivity contribution is 8.16. The van der Waals surface area contributed by atoms with E-state index in [1.165, 1.54) is 11.8 Å². The van der Waals surface area contributed by atoms with Crippen LogP contribution < -0.4 is 9.64 Å². The second-order valence-corrected chi connectivity index (χ2v) is 8.86. The van der Waals surface area contributed by atoms with Crippen LogP contribution in [0, 0.1) is 11.3 Å². The number of amidine groups is 1. The van der Waals surface area contributed by atoms with Crippen LogP contribution in [0.2, 0.25) is 0 Å². The van der Waals surface area contributed by atoms with Crippen LogP contribution in [0.3, 0.4) is 0 Å². The first-order valence-corrected chi connectivity index (χ1v) is 9.92. The highest BCUT2D eigenvalue weighted by Crippen LogP contribution is 2.41. The number of anilines is 1. The lowest BCUT2D eigenvalue weighted by Gasteiger charge is -2.24. The van der Waals surface area contributed by atoms with E-state index in [1.54, 1.807) is 36.3 Å².